The monoisotopic (exact) mass is 178 g/mol. The van der Waals surface area contributed by atoms with Gasteiger partial charge in [-0.15, -0.1) is 6.42 Å². The summed E-state index contributed by atoms with van der Waals surface area (Å²) < 4.78 is 4.94. The highest BCUT2D eigenvalue weighted by molar-refractivity contribution is 5.07. The van der Waals surface area contributed by atoms with E-state index in [1.807, 2.05) is 0 Å². The summed E-state index contributed by atoms with van der Waals surface area (Å²) >= 11 is 0. The van der Waals surface area contributed by atoms with Crippen molar-refractivity contribution in [1.82, 2.24) is 0 Å². The van der Waals surface area contributed by atoms with Gasteiger partial charge in [0.1, 0.15) is 19.3 Å². The summed E-state index contributed by atoms with van der Waals surface area (Å²) in [5.41, 5.74) is 0. The van der Waals surface area contributed by atoms with Crippen molar-refractivity contribution in [3.8, 4) is 24.2 Å². The van der Waals surface area contributed by atoms with Crippen molar-refractivity contribution < 1.29 is 9.84 Å². The van der Waals surface area contributed by atoms with Crippen molar-refractivity contribution in [3.05, 3.63) is 0 Å². The summed E-state index contributed by atoms with van der Waals surface area (Å²) in [7, 11) is 0. The van der Waals surface area contributed by atoms with E-state index in [2.05, 4.69) is 17.8 Å². The van der Waals surface area contributed by atoms with Gasteiger partial charge >= 0.3 is 0 Å². The topological polar surface area (TPSA) is 29.5 Å². The van der Waals surface area contributed by atoms with Crippen LogP contribution in [0.25, 0.3) is 0 Å². The standard InChI is InChI=1S/C11H14O2/c1-2-8-13-9-4-7-11(12)10-5-3-6-10/h1,10-12H,3,5-6,8-9H2. The molecule has 0 saturated heterocycles. The fraction of sp³-hybridized carbons (Fsp3) is 0.636. The van der Waals surface area contributed by atoms with Gasteiger partial charge in [-0.05, 0) is 18.8 Å². The lowest BCUT2D eigenvalue weighted by molar-refractivity contribution is 0.108. The molecule has 0 radical (unpaired) electrons. The van der Waals surface area contributed by atoms with Crippen molar-refractivity contribution in [1.29, 1.82) is 0 Å². The van der Waals surface area contributed by atoms with Gasteiger partial charge in [0.25, 0.3) is 0 Å². The van der Waals surface area contributed by atoms with Gasteiger partial charge in [-0.3, -0.25) is 0 Å². The second-order valence-electron chi connectivity index (χ2n) is 3.15. The van der Waals surface area contributed by atoms with E-state index >= 15 is 0 Å². The molecular weight excluding hydrogens is 164 g/mol. The van der Waals surface area contributed by atoms with Gasteiger partial charge in [0.15, 0.2) is 0 Å². The van der Waals surface area contributed by atoms with Crippen LogP contribution < -0.4 is 0 Å². The first-order valence-electron chi connectivity index (χ1n) is 4.52. The SMILES string of the molecule is C#CCOCC#CC(O)C1CCC1. The molecule has 1 aliphatic carbocycles. The summed E-state index contributed by atoms with van der Waals surface area (Å²) in [5.74, 6) is 8.24. The van der Waals surface area contributed by atoms with Crippen LogP contribution in [0.1, 0.15) is 19.3 Å². The molecule has 0 aliphatic heterocycles. The van der Waals surface area contributed by atoms with Crippen molar-refractivity contribution in [2.75, 3.05) is 13.2 Å². The molecule has 1 unspecified atom stereocenters. The highest BCUT2D eigenvalue weighted by Gasteiger charge is 2.23. The molecule has 1 rings (SSSR count). The Bertz CT molecular complexity index is 237. The van der Waals surface area contributed by atoms with Gasteiger partial charge in [0.2, 0.25) is 0 Å². The first-order chi connectivity index (χ1) is 6.34. The zero-order chi connectivity index (χ0) is 9.52. The van der Waals surface area contributed by atoms with E-state index in [1.165, 1.54) is 6.42 Å². The minimum Gasteiger partial charge on any atom is -0.380 e. The first-order valence-corrected chi connectivity index (χ1v) is 4.52. The van der Waals surface area contributed by atoms with Crippen LogP contribution in [0.3, 0.4) is 0 Å². The maximum absolute atomic E-state index is 9.46. The normalized spacial score (nSPS) is 17.8. The second kappa shape index (κ2) is 5.65. The largest absolute Gasteiger partial charge is 0.380 e. The van der Waals surface area contributed by atoms with E-state index in [9.17, 15) is 5.11 Å². The third-order valence-electron chi connectivity index (χ3n) is 2.21. The van der Waals surface area contributed by atoms with Crippen LogP contribution in [0.2, 0.25) is 0 Å². The Morgan fingerprint density at radius 1 is 1.46 bits per heavy atom. The van der Waals surface area contributed by atoms with Gasteiger partial charge in [-0.25, -0.2) is 0 Å². The van der Waals surface area contributed by atoms with Gasteiger partial charge in [0.05, 0.1) is 0 Å². The third-order valence-corrected chi connectivity index (χ3v) is 2.21. The van der Waals surface area contributed by atoms with Gasteiger partial charge < -0.3 is 9.84 Å². The van der Waals surface area contributed by atoms with Crippen molar-refractivity contribution in [2.45, 2.75) is 25.4 Å². The third kappa shape index (κ3) is 3.51. The Hall–Kier alpha value is -0.960. The lowest BCUT2D eigenvalue weighted by Crippen LogP contribution is -2.25. The summed E-state index contributed by atoms with van der Waals surface area (Å²) in [5, 5.41) is 9.46. The van der Waals surface area contributed by atoms with Crippen molar-refractivity contribution in [2.24, 2.45) is 5.92 Å². The Morgan fingerprint density at radius 2 is 2.23 bits per heavy atom. The predicted molar refractivity (Wildman–Crippen MR) is 50.8 cm³/mol. The fourth-order valence-corrected chi connectivity index (χ4v) is 1.18. The summed E-state index contributed by atoms with van der Waals surface area (Å²) in [6, 6.07) is 0. The predicted octanol–water partition coefficient (Wildman–Crippen LogP) is 0.801. The number of aliphatic hydroxyl groups is 1. The van der Waals surface area contributed by atoms with E-state index in [0.29, 0.717) is 12.5 Å². The van der Waals surface area contributed by atoms with E-state index in [1.54, 1.807) is 0 Å². The van der Waals surface area contributed by atoms with Crippen LogP contribution in [0, 0.1) is 30.1 Å². The Morgan fingerprint density at radius 3 is 2.77 bits per heavy atom. The lowest BCUT2D eigenvalue weighted by Gasteiger charge is -2.26. The molecule has 1 saturated carbocycles. The average Bonchev–Trinajstić information content (AvgIpc) is 2.01. The zero-order valence-electron chi connectivity index (χ0n) is 7.62. The zero-order valence-corrected chi connectivity index (χ0v) is 7.62. The molecule has 1 N–H and O–H groups in total. The average molecular weight is 178 g/mol. The smallest absolute Gasteiger partial charge is 0.117 e. The van der Waals surface area contributed by atoms with E-state index < -0.39 is 6.10 Å². The number of terminal acetylenes is 1. The molecule has 70 valence electrons. The van der Waals surface area contributed by atoms with Crippen LogP contribution in [0.4, 0.5) is 0 Å². The molecule has 2 heteroatoms. The maximum atomic E-state index is 9.46. The highest BCUT2D eigenvalue weighted by Crippen LogP contribution is 2.28. The first kappa shape index (κ1) is 10.1. The second-order valence-corrected chi connectivity index (χ2v) is 3.15. The van der Waals surface area contributed by atoms with Crippen LogP contribution >= 0.6 is 0 Å². The maximum Gasteiger partial charge on any atom is 0.117 e. The number of hydrogen-bond donors (Lipinski definition) is 1. The highest BCUT2D eigenvalue weighted by atomic mass is 16.5. The molecule has 0 aromatic rings. The molecule has 2 nitrogen and oxygen atoms in total. The van der Waals surface area contributed by atoms with Gasteiger partial charge in [-0.1, -0.05) is 24.2 Å². The Balaban J connectivity index is 2.10. The number of ether oxygens (including phenoxy) is 1. The molecule has 1 aliphatic rings. The molecule has 0 aromatic carbocycles. The van der Waals surface area contributed by atoms with Crippen LogP contribution in [-0.4, -0.2) is 24.4 Å². The molecule has 0 heterocycles. The number of rotatable bonds is 3. The quantitative estimate of drug-likeness (QED) is 0.511. The number of aliphatic hydroxyl groups excluding tert-OH is 1. The van der Waals surface area contributed by atoms with Gasteiger partial charge in [-0.2, -0.15) is 0 Å². The van der Waals surface area contributed by atoms with Gasteiger partial charge in [0, 0.05) is 0 Å². The number of hydrogen-bond acceptors (Lipinski definition) is 2. The summed E-state index contributed by atoms with van der Waals surface area (Å²) in [4.78, 5) is 0. The molecule has 0 bridgehead atoms. The molecule has 0 amide bonds. The van der Waals surface area contributed by atoms with Crippen molar-refractivity contribution in [3.63, 3.8) is 0 Å². The molecular formula is C11H14O2. The van der Waals surface area contributed by atoms with E-state index in [0.717, 1.165) is 12.8 Å². The van der Waals surface area contributed by atoms with E-state index in [-0.39, 0.29) is 6.61 Å². The van der Waals surface area contributed by atoms with E-state index in [4.69, 9.17) is 11.2 Å². The summed E-state index contributed by atoms with van der Waals surface area (Å²) in [6.07, 6.45) is 7.92. The minimum absolute atomic E-state index is 0.286. The molecule has 13 heavy (non-hydrogen) atoms. The molecule has 1 fully saturated rings. The molecule has 0 aromatic heterocycles. The Kier molecular flexibility index (Phi) is 4.40. The summed E-state index contributed by atoms with van der Waals surface area (Å²) in [6.45, 7) is 0.599. The molecule has 0 spiro atoms. The van der Waals surface area contributed by atoms with Crippen molar-refractivity contribution >= 4 is 0 Å². The molecule has 1 atom stereocenters. The minimum atomic E-state index is -0.469. The Labute approximate surface area is 79.3 Å². The lowest BCUT2D eigenvalue weighted by atomic mass is 9.81. The van der Waals surface area contributed by atoms with Crippen LogP contribution in [0.15, 0.2) is 0 Å². The fourth-order valence-electron chi connectivity index (χ4n) is 1.18. The van der Waals surface area contributed by atoms with Crippen LogP contribution in [0.5, 0.6) is 0 Å². The van der Waals surface area contributed by atoms with Crippen LogP contribution in [-0.2, 0) is 4.74 Å².